The summed E-state index contributed by atoms with van der Waals surface area (Å²) in [6.07, 6.45) is 5.45. The van der Waals surface area contributed by atoms with Gasteiger partial charge in [0.15, 0.2) is 0 Å². The normalized spacial score (nSPS) is 15.6. The van der Waals surface area contributed by atoms with E-state index in [4.69, 9.17) is 4.74 Å². The van der Waals surface area contributed by atoms with Crippen LogP contribution in [-0.2, 0) is 4.79 Å². The van der Waals surface area contributed by atoms with E-state index in [-0.39, 0.29) is 24.1 Å². The number of ketones is 1. The highest BCUT2D eigenvalue weighted by atomic mass is 16.5. The topological polar surface area (TPSA) is 141 Å². The zero-order valence-corrected chi connectivity index (χ0v) is 20.2. The molecule has 0 bridgehead atoms. The number of carbonyl (C=O) groups is 3. The molecular formula is C26H24N6O5. The van der Waals surface area contributed by atoms with Crippen LogP contribution in [0.15, 0.2) is 59.9 Å². The van der Waals surface area contributed by atoms with Gasteiger partial charge in [0, 0.05) is 37.4 Å². The first-order valence-corrected chi connectivity index (χ1v) is 11.7. The minimum atomic E-state index is -0.712. The number of pyridine rings is 1. The van der Waals surface area contributed by atoms with Crippen molar-refractivity contribution >= 4 is 28.5 Å². The number of aromatic nitrogens is 4. The predicted molar refractivity (Wildman–Crippen MR) is 134 cm³/mol. The standard InChI is InChI=1S/C26H24N6O5/c1-15-14-31(25(35)16-6-4-3-5-7-16)8-9-32(15)26(36)24(34)17-10-28-23-21(17)19(37-2)12-29-22(23)18-11-27-13-20(33)30-18/h3-7,10-13,15,28H,8-9,14H2,1-2H3,(H,30,33). The average molecular weight is 501 g/mol. The van der Waals surface area contributed by atoms with Crippen LogP contribution >= 0.6 is 0 Å². The second-order valence-corrected chi connectivity index (χ2v) is 8.73. The molecule has 0 saturated carbocycles. The first kappa shape index (κ1) is 23.9. The van der Waals surface area contributed by atoms with Crippen molar-refractivity contribution in [2.75, 3.05) is 26.7 Å². The molecular weight excluding hydrogens is 476 g/mol. The number of nitrogens with one attached hydrogen (secondary N) is 2. The molecule has 2 N–H and O–H groups in total. The van der Waals surface area contributed by atoms with Crippen LogP contribution < -0.4 is 10.3 Å². The summed E-state index contributed by atoms with van der Waals surface area (Å²) in [5.74, 6) is -1.19. The maximum absolute atomic E-state index is 13.4. The molecule has 5 rings (SSSR count). The van der Waals surface area contributed by atoms with E-state index in [1.807, 2.05) is 13.0 Å². The van der Waals surface area contributed by atoms with Crippen molar-refractivity contribution in [1.29, 1.82) is 0 Å². The first-order valence-electron chi connectivity index (χ1n) is 11.7. The maximum Gasteiger partial charge on any atom is 0.295 e. The van der Waals surface area contributed by atoms with Crippen LogP contribution in [0.25, 0.3) is 22.3 Å². The van der Waals surface area contributed by atoms with Crippen LogP contribution in [0.2, 0.25) is 0 Å². The van der Waals surface area contributed by atoms with Crippen molar-refractivity contribution in [3.05, 3.63) is 76.6 Å². The van der Waals surface area contributed by atoms with Crippen LogP contribution in [0.3, 0.4) is 0 Å². The Morgan fingerprint density at radius 2 is 1.86 bits per heavy atom. The summed E-state index contributed by atoms with van der Waals surface area (Å²) in [5.41, 5.74) is 1.43. The number of aromatic amines is 2. The highest BCUT2D eigenvalue weighted by molar-refractivity contribution is 6.45. The van der Waals surface area contributed by atoms with E-state index < -0.39 is 17.2 Å². The molecule has 1 fully saturated rings. The van der Waals surface area contributed by atoms with Gasteiger partial charge in [-0.05, 0) is 19.1 Å². The van der Waals surface area contributed by atoms with Gasteiger partial charge in [0.1, 0.15) is 11.4 Å². The quantitative estimate of drug-likeness (QED) is 0.315. The molecule has 188 valence electrons. The van der Waals surface area contributed by atoms with Crippen molar-refractivity contribution in [1.82, 2.24) is 29.7 Å². The van der Waals surface area contributed by atoms with Gasteiger partial charge in [-0.3, -0.25) is 24.2 Å². The van der Waals surface area contributed by atoms with E-state index in [0.717, 1.165) is 6.20 Å². The van der Waals surface area contributed by atoms with Gasteiger partial charge in [-0.15, -0.1) is 0 Å². The Kier molecular flexibility index (Phi) is 6.26. The summed E-state index contributed by atoms with van der Waals surface area (Å²) in [7, 11) is 1.44. The average Bonchev–Trinajstić information content (AvgIpc) is 3.37. The number of methoxy groups -OCH3 is 1. The molecule has 0 aliphatic carbocycles. The van der Waals surface area contributed by atoms with Gasteiger partial charge >= 0.3 is 0 Å². The van der Waals surface area contributed by atoms with E-state index in [0.29, 0.717) is 46.7 Å². The molecule has 1 aliphatic rings. The van der Waals surface area contributed by atoms with Gasteiger partial charge in [0.25, 0.3) is 23.2 Å². The molecule has 3 aromatic heterocycles. The number of piperazine rings is 1. The Labute approximate surface area is 211 Å². The highest BCUT2D eigenvalue weighted by Crippen LogP contribution is 2.34. The van der Waals surface area contributed by atoms with E-state index in [1.165, 1.54) is 30.6 Å². The number of benzene rings is 1. The molecule has 1 atom stereocenters. The summed E-state index contributed by atoms with van der Waals surface area (Å²) in [5, 5.41) is 0.376. The van der Waals surface area contributed by atoms with Gasteiger partial charge in [-0.2, -0.15) is 0 Å². The number of H-pyrrole nitrogens is 2. The Balaban J connectivity index is 1.41. The number of rotatable bonds is 5. The molecule has 11 heteroatoms. The van der Waals surface area contributed by atoms with Crippen molar-refractivity contribution in [2.45, 2.75) is 13.0 Å². The smallest absolute Gasteiger partial charge is 0.295 e. The Morgan fingerprint density at radius 3 is 2.57 bits per heavy atom. The molecule has 0 radical (unpaired) electrons. The van der Waals surface area contributed by atoms with E-state index in [1.54, 1.807) is 29.2 Å². The number of nitrogens with zero attached hydrogens (tertiary/aromatic N) is 4. The van der Waals surface area contributed by atoms with Crippen LogP contribution in [0.5, 0.6) is 5.75 Å². The van der Waals surface area contributed by atoms with Crippen molar-refractivity contribution in [3.8, 4) is 17.1 Å². The number of carbonyl (C=O) groups excluding carboxylic acids is 3. The van der Waals surface area contributed by atoms with E-state index >= 15 is 0 Å². The first-order chi connectivity index (χ1) is 17.9. The molecule has 0 spiro atoms. The zero-order chi connectivity index (χ0) is 26.1. The molecule has 11 nitrogen and oxygen atoms in total. The van der Waals surface area contributed by atoms with E-state index in [9.17, 15) is 19.2 Å². The zero-order valence-electron chi connectivity index (χ0n) is 20.2. The molecule has 1 aromatic carbocycles. The fourth-order valence-corrected chi connectivity index (χ4v) is 4.61. The third-order valence-electron chi connectivity index (χ3n) is 6.44. The minimum absolute atomic E-state index is 0.110. The van der Waals surface area contributed by atoms with E-state index in [2.05, 4.69) is 19.9 Å². The van der Waals surface area contributed by atoms with Crippen LogP contribution in [0, 0.1) is 0 Å². The molecule has 1 unspecified atom stereocenters. The Morgan fingerprint density at radius 1 is 1.08 bits per heavy atom. The Bertz CT molecular complexity index is 1560. The molecule has 2 amide bonds. The van der Waals surface area contributed by atoms with Crippen LogP contribution in [0.1, 0.15) is 27.6 Å². The summed E-state index contributed by atoms with van der Waals surface area (Å²) in [4.78, 5) is 68.5. The molecule has 37 heavy (non-hydrogen) atoms. The van der Waals surface area contributed by atoms with Crippen LogP contribution in [0.4, 0.5) is 0 Å². The lowest BCUT2D eigenvalue weighted by Gasteiger charge is -2.39. The number of Topliss-reactive ketones (excluding diaryl/α,β-unsaturated/α-hetero) is 1. The predicted octanol–water partition coefficient (Wildman–Crippen LogP) is 1.88. The van der Waals surface area contributed by atoms with Crippen molar-refractivity contribution in [3.63, 3.8) is 0 Å². The highest BCUT2D eigenvalue weighted by Gasteiger charge is 2.35. The summed E-state index contributed by atoms with van der Waals surface area (Å²) in [6.45, 7) is 2.67. The molecule has 1 saturated heterocycles. The second kappa shape index (κ2) is 9.69. The second-order valence-electron chi connectivity index (χ2n) is 8.73. The number of amides is 2. The lowest BCUT2D eigenvalue weighted by Crippen LogP contribution is -2.56. The molecule has 1 aliphatic heterocycles. The number of ether oxygens (including phenoxy) is 1. The largest absolute Gasteiger partial charge is 0.494 e. The summed E-state index contributed by atoms with van der Waals surface area (Å²) in [6, 6.07) is 8.60. The number of fused-ring (bicyclic) bond motifs is 1. The third-order valence-corrected chi connectivity index (χ3v) is 6.44. The summed E-state index contributed by atoms with van der Waals surface area (Å²) < 4.78 is 5.43. The van der Waals surface area contributed by atoms with Crippen molar-refractivity contribution < 1.29 is 19.1 Å². The fraction of sp³-hybridized carbons (Fsp3) is 0.231. The van der Waals surface area contributed by atoms with Crippen LogP contribution in [-0.4, -0.2) is 80.1 Å². The fourth-order valence-electron chi connectivity index (χ4n) is 4.61. The van der Waals surface area contributed by atoms with Gasteiger partial charge in [0.2, 0.25) is 0 Å². The van der Waals surface area contributed by atoms with Gasteiger partial charge in [-0.1, -0.05) is 18.2 Å². The van der Waals surface area contributed by atoms with Gasteiger partial charge in [-0.25, -0.2) is 4.98 Å². The minimum Gasteiger partial charge on any atom is -0.494 e. The summed E-state index contributed by atoms with van der Waals surface area (Å²) >= 11 is 0. The van der Waals surface area contributed by atoms with Crippen molar-refractivity contribution in [2.24, 2.45) is 0 Å². The molecule has 4 aromatic rings. The van der Waals surface area contributed by atoms with Gasteiger partial charge < -0.3 is 24.5 Å². The third kappa shape index (κ3) is 4.35. The lowest BCUT2D eigenvalue weighted by molar-refractivity contribution is -0.130. The monoisotopic (exact) mass is 500 g/mol. The maximum atomic E-state index is 13.4. The SMILES string of the molecule is COc1cnc(-c2cncc(=O)[nH]2)c2[nH]cc(C(=O)C(=O)N3CCN(C(=O)c4ccccc4)CC3C)c12. The molecule has 4 heterocycles. The number of hydrogen-bond donors (Lipinski definition) is 2. The Hall–Kier alpha value is -4.80. The number of hydrogen-bond acceptors (Lipinski definition) is 7. The lowest BCUT2D eigenvalue weighted by atomic mass is 10.0. The van der Waals surface area contributed by atoms with Gasteiger partial charge in [0.05, 0.1) is 47.9 Å².